The first-order chi connectivity index (χ1) is 14.9. The Morgan fingerprint density at radius 3 is 2.52 bits per heavy atom. The summed E-state index contributed by atoms with van der Waals surface area (Å²) in [5, 5.41) is 0. The van der Waals surface area contributed by atoms with Crippen molar-refractivity contribution in [1.82, 2.24) is 4.90 Å². The van der Waals surface area contributed by atoms with Crippen LogP contribution in [0.15, 0.2) is 48.5 Å². The topological polar surface area (TPSA) is 57.2 Å². The first-order valence-electron chi connectivity index (χ1n) is 10.9. The van der Waals surface area contributed by atoms with Gasteiger partial charge in [0.2, 0.25) is 0 Å². The average molecular weight is 426 g/mol. The van der Waals surface area contributed by atoms with E-state index in [0.717, 1.165) is 35.3 Å². The van der Waals surface area contributed by atoms with E-state index in [9.17, 15) is 4.79 Å². The molecular weight excluding hydrogens is 394 g/mol. The summed E-state index contributed by atoms with van der Waals surface area (Å²) in [4.78, 5) is 14.3. The van der Waals surface area contributed by atoms with Crippen LogP contribution in [0.3, 0.4) is 0 Å². The minimum Gasteiger partial charge on any atom is -0.491 e. The predicted octanol–water partition coefficient (Wildman–Crippen LogP) is 5.18. The Hall–Kier alpha value is -2.57. The fourth-order valence-electron chi connectivity index (χ4n) is 3.94. The molecular formula is C25H31NO5. The molecule has 0 N–H and O–H groups in total. The molecule has 0 aliphatic carbocycles. The van der Waals surface area contributed by atoms with Gasteiger partial charge in [-0.3, -0.25) is 0 Å². The van der Waals surface area contributed by atoms with Crippen molar-refractivity contribution < 1.29 is 23.7 Å². The smallest absolute Gasteiger partial charge is 0.410 e. The van der Waals surface area contributed by atoms with Crippen LogP contribution in [0.2, 0.25) is 0 Å². The Kier molecular flexibility index (Phi) is 6.49. The number of amides is 1. The molecule has 4 rings (SSSR count). The lowest BCUT2D eigenvalue weighted by Gasteiger charge is -2.28. The van der Waals surface area contributed by atoms with Crippen molar-refractivity contribution in [1.29, 1.82) is 0 Å². The average Bonchev–Trinajstić information content (AvgIpc) is 3.43. The molecule has 0 bridgehead atoms. The third kappa shape index (κ3) is 5.57. The molecule has 2 aliphatic heterocycles. The zero-order valence-corrected chi connectivity index (χ0v) is 18.5. The SMILES string of the molecule is CC(C)(C)OC(=O)N1CCC[C@H]1COc1cccc(-c2cccc(C3OCCO3)c2)c1. The van der Waals surface area contributed by atoms with E-state index in [0.29, 0.717) is 26.4 Å². The third-order valence-electron chi connectivity index (χ3n) is 5.40. The Morgan fingerprint density at radius 2 is 1.77 bits per heavy atom. The van der Waals surface area contributed by atoms with Crippen LogP contribution in [-0.2, 0) is 14.2 Å². The first kappa shape index (κ1) is 21.7. The maximum atomic E-state index is 12.5. The Balaban J connectivity index is 1.41. The van der Waals surface area contributed by atoms with E-state index in [1.165, 1.54) is 0 Å². The van der Waals surface area contributed by atoms with Gasteiger partial charge in [-0.2, -0.15) is 0 Å². The number of benzene rings is 2. The standard InChI is InChI=1S/C25H31NO5/c1-25(2,3)31-24(27)26-12-6-10-21(26)17-30-22-11-5-8-19(16-22)18-7-4-9-20(15-18)23-28-13-14-29-23/h4-5,7-9,11,15-16,21,23H,6,10,12-14,17H2,1-3H3/t21-/m0/s1. The van der Waals surface area contributed by atoms with E-state index in [-0.39, 0.29) is 18.4 Å². The quantitative estimate of drug-likeness (QED) is 0.661. The molecule has 1 amide bonds. The zero-order valence-electron chi connectivity index (χ0n) is 18.5. The van der Waals surface area contributed by atoms with Crippen LogP contribution < -0.4 is 4.74 Å². The summed E-state index contributed by atoms with van der Waals surface area (Å²) in [5.74, 6) is 0.785. The summed E-state index contributed by atoms with van der Waals surface area (Å²) < 4.78 is 22.9. The van der Waals surface area contributed by atoms with Crippen LogP contribution in [0.25, 0.3) is 11.1 Å². The highest BCUT2D eigenvalue weighted by Gasteiger charge is 2.32. The van der Waals surface area contributed by atoms with Crippen LogP contribution in [0, 0.1) is 0 Å². The molecule has 166 valence electrons. The third-order valence-corrected chi connectivity index (χ3v) is 5.40. The van der Waals surface area contributed by atoms with Gasteiger partial charge in [-0.25, -0.2) is 4.79 Å². The second kappa shape index (κ2) is 9.28. The molecule has 2 aromatic rings. The van der Waals surface area contributed by atoms with Gasteiger partial charge in [-0.15, -0.1) is 0 Å². The lowest BCUT2D eigenvalue weighted by atomic mass is 10.0. The lowest BCUT2D eigenvalue weighted by molar-refractivity contribution is -0.0440. The van der Waals surface area contributed by atoms with Gasteiger partial charge in [-0.05, 0) is 62.9 Å². The zero-order chi connectivity index (χ0) is 21.8. The molecule has 2 aromatic carbocycles. The minimum absolute atomic E-state index is 0.0264. The number of ether oxygens (including phenoxy) is 4. The van der Waals surface area contributed by atoms with Crippen LogP contribution in [-0.4, -0.2) is 49.0 Å². The molecule has 2 saturated heterocycles. The molecule has 1 atom stereocenters. The van der Waals surface area contributed by atoms with Crippen LogP contribution >= 0.6 is 0 Å². The van der Waals surface area contributed by atoms with Crippen molar-refractivity contribution in [2.75, 3.05) is 26.4 Å². The van der Waals surface area contributed by atoms with E-state index < -0.39 is 5.60 Å². The fourth-order valence-corrected chi connectivity index (χ4v) is 3.94. The minimum atomic E-state index is -0.497. The molecule has 6 nitrogen and oxygen atoms in total. The van der Waals surface area contributed by atoms with Gasteiger partial charge in [0.15, 0.2) is 6.29 Å². The molecule has 2 heterocycles. The second-order valence-electron chi connectivity index (χ2n) is 9.01. The lowest BCUT2D eigenvalue weighted by Crippen LogP contribution is -2.42. The normalized spacial score (nSPS) is 19.6. The maximum absolute atomic E-state index is 12.5. The van der Waals surface area contributed by atoms with Crippen molar-refractivity contribution in [3.8, 4) is 16.9 Å². The highest BCUT2D eigenvalue weighted by Crippen LogP contribution is 2.30. The van der Waals surface area contributed by atoms with Gasteiger partial charge >= 0.3 is 6.09 Å². The van der Waals surface area contributed by atoms with E-state index in [4.69, 9.17) is 18.9 Å². The van der Waals surface area contributed by atoms with Crippen molar-refractivity contribution >= 4 is 6.09 Å². The maximum Gasteiger partial charge on any atom is 0.410 e. The van der Waals surface area contributed by atoms with Gasteiger partial charge < -0.3 is 23.8 Å². The van der Waals surface area contributed by atoms with E-state index in [1.54, 1.807) is 4.90 Å². The number of carbonyl (C=O) groups excluding carboxylic acids is 1. The summed E-state index contributed by atoms with van der Waals surface area (Å²) in [6.45, 7) is 8.07. The van der Waals surface area contributed by atoms with Crippen molar-refractivity contribution in [2.24, 2.45) is 0 Å². The fraction of sp³-hybridized carbons (Fsp3) is 0.480. The highest BCUT2D eigenvalue weighted by atomic mass is 16.7. The van der Waals surface area contributed by atoms with E-state index in [1.807, 2.05) is 51.1 Å². The second-order valence-corrected chi connectivity index (χ2v) is 9.01. The monoisotopic (exact) mass is 425 g/mol. The Bertz CT molecular complexity index is 901. The van der Waals surface area contributed by atoms with Crippen LogP contribution in [0.5, 0.6) is 5.75 Å². The molecule has 0 radical (unpaired) electrons. The molecule has 0 unspecified atom stereocenters. The van der Waals surface area contributed by atoms with Gasteiger partial charge in [0, 0.05) is 12.1 Å². The van der Waals surface area contributed by atoms with Crippen LogP contribution in [0.1, 0.15) is 45.5 Å². The van der Waals surface area contributed by atoms with Gasteiger partial charge in [0.1, 0.15) is 18.0 Å². The number of likely N-dealkylation sites (tertiary alicyclic amines) is 1. The molecule has 2 aliphatic rings. The first-order valence-corrected chi connectivity index (χ1v) is 10.9. The van der Waals surface area contributed by atoms with Crippen molar-refractivity contribution in [3.05, 3.63) is 54.1 Å². The number of hydrogen-bond acceptors (Lipinski definition) is 5. The van der Waals surface area contributed by atoms with E-state index in [2.05, 4.69) is 18.2 Å². The van der Waals surface area contributed by atoms with Gasteiger partial charge in [0.05, 0.1) is 19.3 Å². The van der Waals surface area contributed by atoms with E-state index >= 15 is 0 Å². The summed E-state index contributed by atoms with van der Waals surface area (Å²) >= 11 is 0. The highest BCUT2D eigenvalue weighted by molar-refractivity contribution is 5.69. The molecule has 0 aromatic heterocycles. The number of carbonyl (C=O) groups is 1. The van der Waals surface area contributed by atoms with Gasteiger partial charge in [-0.1, -0.05) is 30.3 Å². The number of rotatable bonds is 5. The summed E-state index contributed by atoms with van der Waals surface area (Å²) in [5.41, 5.74) is 2.66. The molecule has 0 saturated carbocycles. The van der Waals surface area contributed by atoms with Crippen LogP contribution in [0.4, 0.5) is 4.79 Å². The molecule has 6 heteroatoms. The Morgan fingerprint density at radius 1 is 1.06 bits per heavy atom. The number of hydrogen-bond donors (Lipinski definition) is 0. The summed E-state index contributed by atoms with van der Waals surface area (Å²) in [6.07, 6.45) is 1.33. The summed E-state index contributed by atoms with van der Waals surface area (Å²) in [7, 11) is 0. The largest absolute Gasteiger partial charge is 0.491 e. The molecule has 2 fully saturated rings. The van der Waals surface area contributed by atoms with Crippen molar-refractivity contribution in [2.45, 2.75) is 51.5 Å². The van der Waals surface area contributed by atoms with Gasteiger partial charge in [0.25, 0.3) is 0 Å². The molecule has 0 spiro atoms. The number of nitrogens with zero attached hydrogens (tertiary/aromatic N) is 1. The predicted molar refractivity (Wildman–Crippen MR) is 118 cm³/mol. The Labute approximate surface area is 184 Å². The van der Waals surface area contributed by atoms with Crippen molar-refractivity contribution in [3.63, 3.8) is 0 Å². The summed E-state index contributed by atoms with van der Waals surface area (Å²) in [6, 6.07) is 16.2. The molecule has 31 heavy (non-hydrogen) atoms.